The molecule has 0 radical (unpaired) electrons. The van der Waals surface area contributed by atoms with E-state index in [1.807, 2.05) is 0 Å². The lowest BCUT2D eigenvalue weighted by molar-refractivity contribution is -0.394. The molecule has 2 amide bonds. The molecule has 0 spiro atoms. The van der Waals surface area contributed by atoms with Crippen molar-refractivity contribution in [1.82, 2.24) is 10.7 Å². The number of aromatic hydroxyl groups is 1. The van der Waals surface area contributed by atoms with Gasteiger partial charge in [-0.25, -0.2) is 5.43 Å². The lowest BCUT2D eigenvalue weighted by atomic mass is 10.1. The molecule has 0 aliphatic carbocycles. The number of phenols is 1. The number of phenolic OH excluding ortho intramolecular Hbond substituents is 1. The molecule has 3 N–H and O–H groups in total. The van der Waals surface area contributed by atoms with Crippen molar-refractivity contribution in [3.05, 3.63) is 119 Å². The van der Waals surface area contributed by atoms with Gasteiger partial charge in [-0.05, 0) is 35.9 Å². The Bertz CT molecular complexity index is 1490. The largest absolute Gasteiger partial charge is 0.502 e. The van der Waals surface area contributed by atoms with Crippen LogP contribution in [0.4, 0.5) is 17.1 Å². The van der Waals surface area contributed by atoms with Crippen LogP contribution in [-0.2, 0) is 4.79 Å². The summed E-state index contributed by atoms with van der Waals surface area (Å²) in [6, 6.07) is 14.3. The van der Waals surface area contributed by atoms with Gasteiger partial charge >= 0.3 is 5.69 Å². The molecule has 0 bridgehead atoms. The van der Waals surface area contributed by atoms with Crippen molar-refractivity contribution in [2.24, 2.45) is 5.10 Å². The molecule has 3 aromatic carbocycles. The van der Waals surface area contributed by atoms with Gasteiger partial charge in [0.2, 0.25) is 5.75 Å². The number of nitro groups is 3. The zero-order valence-electron chi connectivity index (χ0n) is 19.0. The first kappa shape index (κ1) is 26.6. The number of nitrogens with zero attached hydrogens (tertiary/aromatic N) is 4. The lowest BCUT2D eigenvalue weighted by Crippen LogP contribution is -2.32. The van der Waals surface area contributed by atoms with E-state index in [1.165, 1.54) is 42.5 Å². The summed E-state index contributed by atoms with van der Waals surface area (Å²) < 4.78 is 0. The number of hydrogen-bond donors (Lipinski definition) is 3. The Morgan fingerprint density at radius 1 is 0.842 bits per heavy atom. The Kier molecular flexibility index (Phi) is 8.14. The highest BCUT2D eigenvalue weighted by atomic mass is 16.6. The maximum atomic E-state index is 12.8. The number of rotatable bonds is 9. The van der Waals surface area contributed by atoms with Crippen LogP contribution >= 0.6 is 0 Å². The maximum absolute atomic E-state index is 12.8. The number of benzene rings is 3. The summed E-state index contributed by atoms with van der Waals surface area (Å²) in [6.07, 6.45) is 1.96. The number of non-ortho nitro benzene ring substituents is 2. The SMILES string of the molecule is O=C(N/N=C\c1cc([N+](=O)[O-])cc([N+](=O)[O-])c1O)/C(=C/c1ccc([N+](=O)[O-])cc1)NC(=O)c1ccccc1. The maximum Gasteiger partial charge on any atom is 0.318 e. The third kappa shape index (κ3) is 6.57. The number of hydrogen-bond acceptors (Lipinski definition) is 10. The summed E-state index contributed by atoms with van der Waals surface area (Å²) in [6.45, 7) is 0. The molecule has 0 aliphatic heterocycles. The molecule has 0 unspecified atom stereocenters. The van der Waals surface area contributed by atoms with Crippen molar-refractivity contribution in [2.45, 2.75) is 0 Å². The van der Waals surface area contributed by atoms with Gasteiger partial charge in [-0.3, -0.25) is 39.9 Å². The van der Waals surface area contributed by atoms with E-state index in [9.17, 15) is 45.0 Å². The molecule has 0 fully saturated rings. The van der Waals surface area contributed by atoms with Crippen LogP contribution in [0.3, 0.4) is 0 Å². The normalized spacial score (nSPS) is 11.1. The van der Waals surface area contributed by atoms with Crippen molar-refractivity contribution in [3.63, 3.8) is 0 Å². The fourth-order valence-electron chi connectivity index (χ4n) is 2.99. The van der Waals surface area contributed by atoms with Gasteiger partial charge < -0.3 is 10.4 Å². The molecule has 0 heterocycles. The summed E-state index contributed by atoms with van der Waals surface area (Å²) in [7, 11) is 0. The second-order valence-electron chi connectivity index (χ2n) is 7.34. The number of nitro benzene ring substituents is 3. The Hall–Kier alpha value is -5.99. The summed E-state index contributed by atoms with van der Waals surface area (Å²) in [5, 5.41) is 49.1. The summed E-state index contributed by atoms with van der Waals surface area (Å²) >= 11 is 0. The van der Waals surface area contributed by atoms with Gasteiger partial charge in [0.1, 0.15) is 5.70 Å². The van der Waals surface area contributed by atoms with Crippen LogP contribution in [0.5, 0.6) is 5.75 Å². The first-order valence-corrected chi connectivity index (χ1v) is 10.4. The summed E-state index contributed by atoms with van der Waals surface area (Å²) in [5.74, 6) is -2.56. The second kappa shape index (κ2) is 11.6. The molecule has 15 heteroatoms. The van der Waals surface area contributed by atoms with Crippen LogP contribution in [0.1, 0.15) is 21.5 Å². The minimum atomic E-state index is -1.03. The highest BCUT2D eigenvalue weighted by Gasteiger charge is 2.23. The molecular formula is C23H16N6O9. The van der Waals surface area contributed by atoms with Crippen LogP contribution in [0, 0.1) is 30.3 Å². The first-order valence-electron chi connectivity index (χ1n) is 10.4. The van der Waals surface area contributed by atoms with Gasteiger partial charge in [0.25, 0.3) is 23.2 Å². The summed E-state index contributed by atoms with van der Waals surface area (Å²) in [5.41, 5.74) is -0.0270. The Morgan fingerprint density at radius 2 is 1.47 bits per heavy atom. The quantitative estimate of drug-likeness (QED) is 0.163. The monoisotopic (exact) mass is 520 g/mol. The van der Waals surface area contributed by atoms with E-state index in [1.54, 1.807) is 18.2 Å². The minimum absolute atomic E-state index is 0.197. The number of carbonyl (C=O) groups is 2. The lowest BCUT2D eigenvalue weighted by Gasteiger charge is -2.09. The predicted molar refractivity (Wildman–Crippen MR) is 132 cm³/mol. The van der Waals surface area contributed by atoms with Crippen LogP contribution < -0.4 is 10.7 Å². The van der Waals surface area contributed by atoms with E-state index in [0.29, 0.717) is 11.6 Å². The van der Waals surface area contributed by atoms with E-state index in [4.69, 9.17) is 0 Å². The smallest absolute Gasteiger partial charge is 0.318 e. The first-order chi connectivity index (χ1) is 18.1. The third-order valence-corrected chi connectivity index (χ3v) is 4.83. The molecule has 0 saturated heterocycles. The number of amides is 2. The van der Waals surface area contributed by atoms with E-state index in [-0.39, 0.29) is 16.9 Å². The van der Waals surface area contributed by atoms with Crippen molar-refractivity contribution in [1.29, 1.82) is 0 Å². The van der Waals surface area contributed by atoms with E-state index in [0.717, 1.165) is 12.3 Å². The molecular weight excluding hydrogens is 504 g/mol. The second-order valence-corrected chi connectivity index (χ2v) is 7.34. The van der Waals surface area contributed by atoms with Crippen molar-refractivity contribution in [3.8, 4) is 5.75 Å². The van der Waals surface area contributed by atoms with Crippen LogP contribution in [-0.4, -0.2) is 37.9 Å². The standard InChI is InChI=1S/C23H16N6O9/c30-21-16(11-18(28(35)36)12-20(21)29(37)38)13-24-26-23(32)19(25-22(31)15-4-2-1-3-5-15)10-14-6-8-17(9-7-14)27(33)34/h1-13,30H,(H,25,31)(H,26,32)/b19-10-,24-13-. The third-order valence-electron chi connectivity index (χ3n) is 4.83. The molecule has 0 aromatic heterocycles. The zero-order chi connectivity index (χ0) is 27.8. The average molecular weight is 520 g/mol. The molecule has 15 nitrogen and oxygen atoms in total. The molecule has 0 saturated carbocycles. The predicted octanol–water partition coefficient (Wildman–Crippen LogP) is 3.04. The van der Waals surface area contributed by atoms with E-state index >= 15 is 0 Å². The molecule has 3 rings (SSSR count). The number of nitrogens with one attached hydrogen (secondary N) is 2. The molecule has 0 aliphatic rings. The fourth-order valence-corrected chi connectivity index (χ4v) is 2.99. The van der Waals surface area contributed by atoms with E-state index < -0.39 is 49.3 Å². The van der Waals surface area contributed by atoms with Gasteiger partial charge in [0, 0.05) is 23.8 Å². The number of carbonyl (C=O) groups excluding carboxylic acids is 2. The Labute approximate surface area is 212 Å². The van der Waals surface area contributed by atoms with Crippen molar-refractivity contribution >= 4 is 41.2 Å². The van der Waals surface area contributed by atoms with Crippen molar-refractivity contribution < 1.29 is 29.5 Å². The molecule has 192 valence electrons. The van der Waals surface area contributed by atoms with Gasteiger partial charge in [-0.2, -0.15) is 5.10 Å². The highest BCUT2D eigenvalue weighted by Crippen LogP contribution is 2.33. The number of hydrazone groups is 1. The van der Waals surface area contributed by atoms with Crippen LogP contribution in [0.15, 0.2) is 77.5 Å². The summed E-state index contributed by atoms with van der Waals surface area (Å²) in [4.78, 5) is 55.9. The minimum Gasteiger partial charge on any atom is -0.502 e. The van der Waals surface area contributed by atoms with Crippen LogP contribution in [0.2, 0.25) is 0 Å². The molecule has 0 atom stereocenters. The van der Waals surface area contributed by atoms with Gasteiger partial charge in [-0.1, -0.05) is 18.2 Å². The van der Waals surface area contributed by atoms with Crippen LogP contribution in [0.25, 0.3) is 6.08 Å². The average Bonchev–Trinajstić information content (AvgIpc) is 2.89. The molecule has 3 aromatic rings. The highest BCUT2D eigenvalue weighted by molar-refractivity contribution is 6.05. The zero-order valence-corrected chi connectivity index (χ0v) is 19.0. The van der Waals surface area contributed by atoms with Crippen molar-refractivity contribution in [2.75, 3.05) is 0 Å². The molecule has 38 heavy (non-hydrogen) atoms. The van der Waals surface area contributed by atoms with E-state index in [2.05, 4.69) is 15.8 Å². The topological polar surface area (TPSA) is 220 Å². The van der Waals surface area contributed by atoms with Gasteiger partial charge in [0.05, 0.1) is 32.6 Å². The fraction of sp³-hybridized carbons (Fsp3) is 0. The van der Waals surface area contributed by atoms with Gasteiger partial charge in [0.15, 0.2) is 0 Å². The Morgan fingerprint density at radius 3 is 2.05 bits per heavy atom. The Balaban J connectivity index is 1.90. The van der Waals surface area contributed by atoms with Gasteiger partial charge in [-0.15, -0.1) is 0 Å².